The molecule has 12 heteroatoms. The maximum absolute atomic E-state index is 13.4. The average molecular weight is 606 g/mol. The highest BCUT2D eigenvalue weighted by Gasteiger charge is 2.31. The second-order valence-electron chi connectivity index (χ2n) is 11.5. The van der Waals surface area contributed by atoms with Crippen LogP contribution >= 0.6 is 0 Å². The average Bonchev–Trinajstić information content (AvgIpc) is 2.86. The Morgan fingerprint density at radius 3 is 2.05 bits per heavy atom. The first kappa shape index (κ1) is 34.6. The zero-order valence-corrected chi connectivity index (χ0v) is 26.4. The van der Waals surface area contributed by atoms with Crippen molar-refractivity contribution in [3.63, 3.8) is 0 Å². The molecule has 2 rings (SSSR count). The Hall–Kier alpha value is -3.64. The number of esters is 1. The maximum atomic E-state index is 13.4. The summed E-state index contributed by atoms with van der Waals surface area (Å²) < 4.78 is 45.2. The van der Waals surface area contributed by atoms with E-state index in [4.69, 9.17) is 14.2 Å². The van der Waals surface area contributed by atoms with Crippen LogP contribution in [0.25, 0.3) is 0 Å². The molecule has 2 atom stereocenters. The smallest absolute Gasteiger partial charge is 0.407 e. The number of amides is 2. The number of hydrogen-bond acceptors (Lipinski definition) is 8. The van der Waals surface area contributed by atoms with Gasteiger partial charge in [-0.15, -0.1) is 0 Å². The third-order valence-corrected chi connectivity index (χ3v) is 7.81. The van der Waals surface area contributed by atoms with Crippen LogP contribution in [0, 0.1) is 26.7 Å². The van der Waals surface area contributed by atoms with E-state index in [0.29, 0.717) is 11.1 Å². The summed E-state index contributed by atoms with van der Waals surface area (Å²) in [6.45, 7) is 13.3. The quantitative estimate of drug-likeness (QED) is 0.240. The molecule has 2 unspecified atom stereocenters. The van der Waals surface area contributed by atoms with Gasteiger partial charge in [0.15, 0.2) is 0 Å². The van der Waals surface area contributed by atoms with E-state index in [1.165, 1.54) is 0 Å². The molecule has 0 heterocycles. The molecule has 0 saturated carbocycles. The van der Waals surface area contributed by atoms with Crippen molar-refractivity contribution >= 4 is 28.2 Å². The number of aryl methyl sites for hydroxylation is 3. The van der Waals surface area contributed by atoms with Gasteiger partial charge in [-0.25, -0.2) is 18.0 Å². The summed E-state index contributed by atoms with van der Waals surface area (Å²) in [7, 11) is -4.21. The molecule has 42 heavy (non-hydrogen) atoms. The third-order valence-electron chi connectivity index (χ3n) is 6.03. The van der Waals surface area contributed by atoms with Gasteiger partial charge in [-0.1, -0.05) is 61.9 Å². The van der Waals surface area contributed by atoms with Crippen molar-refractivity contribution in [1.82, 2.24) is 15.4 Å². The Morgan fingerprint density at radius 1 is 0.905 bits per heavy atom. The lowest BCUT2D eigenvalue weighted by Gasteiger charge is -2.26. The van der Waals surface area contributed by atoms with Crippen molar-refractivity contribution in [2.45, 2.75) is 84.6 Å². The summed E-state index contributed by atoms with van der Waals surface area (Å²) in [6.07, 6.45) is -1.52. The van der Waals surface area contributed by atoms with Gasteiger partial charge in [-0.2, -0.15) is 4.72 Å². The number of carbonyl (C=O) groups excluding carboxylic acids is 3. The SMILES string of the molecule is Cc1cc(C)c(S(=O)(=O)NC(CNC(=O)OCc2ccccc2)C(=O)OCC(NC(=O)OC(C)(C)C)C(C)C)c(C)c1. The first-order chi connectivity index (χ1) is 19.5. The molecule has 2 aromatic rings. The molecule has 0 aliphatic rings. The van der Waals surface area contributed by atoms with E-state index in [9.17, 15) is 22.8 Å². The van der Waals surface area contributed by atoms with E-state index in [-0.39, 0.29) is 24.0 Å². The van der Waals surface area contributed by atoms with Gasteiger partial charge >= 0.3 is 18.2 Å². The van der Waals surface area contributed by atoms with E-state index in [2.05, 4.69) is 15.4 Å². The van der Waals surface area contributed by atoms with Crippen LogP contribution in [0.15, 0.2) is 47.4 Å². The lowest BCUT2D eigenvalue weighted by Crippen LogP contribution is -2.51. The second-order valence-corrected chi connectivity index (χ2v) is 13.1. The van der Waals surface area contributed by atoms with Crippen molar-refractivity contribution in [2.75, 3.05) is 13.2 Å². The van der Waals surface area contributed by atoms with Gasteiger partial charge in [0.2, 0.25) is 10.0 Å². The van der Waals surface area contributed by atoms with E-state index in [0.717, 1.165) is 11.1 Å². The molecule has 0 aromatic heterocycles. The molecule has 2 aromatic carbocycles. The van der Waals surface area contributed by atoms with Crippen molar-refractivity contribution in [1.29, 1.82) is 0 Å². The van der Waals surface area contributed by atoms with Crippen LogP contribution < -0.4 is 15.4 Å². The summed E-state index contributed by atoms with van der Waals surface area (Å²) >= 11 is 0. The number of benzene rings is 2. The lowest BCUT2D eigenvalue weighted by molar-refractivity contribution is -0.146. The predicted molar refractivity (Wildman–Crippen MR) is 158 cm³/mol. The molecule has 11 nitrogen and oxygen atoms in total. The third kappa shape index (κ3) is 11.3. The minimum atomic E-state index is -4.21. The Balaban J connectivity index is 2.19. The zero-order chi connectivity index (χ0) is 31.7. The van der Waals surface area contributed by atoms with E-state index in [1.807, 2.05) is 26.8 Å². The number of nitrogens with one attached hydrogen (secondary N) is 3. The van der Waals surface area contributed by atoms with E-state index >= 15 is 0 Å². The molecule has 3 N–H and O–H groups in total. The first-order valence-corrected chi connectivity index (χ1v) is 15.2. The predicted octanol–water partition coefficient (Wildman–Crippen LogP) is 4.28. The van der Waals surface area contributed by atoms with Gasteiger partial charge in [0, 0.05) is 6.54 Å². The fraction of sp³-hybridized carbons (Fsp3) is 0.500. The summed E-state index contributed by atoms with van der Waals surface area (Å²) in [5.41, 5.74) is 1.93. The van der Waals surface area contributed by atoms with Crippen molar-refractivity contribution in [2.24, 2.45) is 5.92 Å². The molecular formula is C30H43N3O8S. The molecule has 0 saturated heterocycles. The van der Waals surface area contributed by atoms with Gasteiger partial charge in [0.25, 0.3) is 0 Å². The number of sulfonamides is 1. The Bertz CT molecular complexity index is 1320. The van der Waals surface area contributed by atoms with Crippen molar-refractivity contribution in [3.8, 4) is 0 Å². The summed E-state index contributed by atoms with van der Waals surface area (Å²) in [5, 5.41) is 5.11. The van der Waals surface area contributed by atoms with Gasteiger partial charge in [0.05, 0.1) is 10.9 Å². The highest BCUT2D eigenvalue weighted by Crippen LogP contribution is 2.22. The Labute approximate surface area is 248 Å². The number of alkyl carbamates (subject to hydrolysis) is 2. The summed E-state index contributed by atoms with van der Waals surface area (Å²) in [4.78, 5) is 37.9. The summed E-state index contributed by atoms with van der Waals surface area (Å²) in [6, 6.07) is 10.3. The number of rotatable bonds is 12. The fourth-order valence-corrected chi connectivity index (χ4v) is 5.74. The number of hydrogen-bond donors (Lipinski definition) is 3. The molecule has 2 amide bonds. The fourth-order valence-electron chi connectivity index (χ4n) is 4.10. The molecule has 0 spiro atoms. The van der Waals surface area contributed by atoms with Crippen LogP contribution in [-0.4, -0.2) is 57.4 Å². The number of ether oxygens (including phenoxy) is 3. The Kier molecular flexibility index (Phi) is 12.4. The number of carbonyl (C=O) groups is 3. The summed E-state index contributed by atoms with van der Waals surface area (Å²) in [5.74, 6) is -1.09. The van der Waals surface area contributed by atoms with Gasteiger partial charge in [0.1, 0.15) is 24.9 Å². The van der Waals surface area contributed by atoms with Crippen LogP contribution in [-0.2, 0) is 35.6 Å². The minimum absolute atomic E-state index is 0.0122. The minimum Gasteiger partial charge on any atom is -0.462 e. The molecule has 0 aliphatic carbocycles. The van der Waals surface area contributed by atoms with Crippen molar-refractivity contribution < 1.29 is 37.0 Å². The molecule has 232 valence electrons. The van der Waals surface area contributed by atoms with Crippen LogP contribution in [0.4, 0.5) is 9.59 Å². The van der Waals surface area contributed by atoms with Crippen LogP contribution in [0.1, 0.15) is 56.9 Å². The molecule has 0 radical (unpaired) electrons. The van der Waals surface area contributed by atoms with E-state index in [1.54, 1.807) is 71.0 Å². The lowest BCUT2D eigenvalue weighted by atomic mass is 10.1. The van der Waals surface area contributed by atoms with Gasteiger partial charge in [-0.05, 0) is 64.2 Å². The topological polar surface area (TPSA) is 149 Å². The monoisotopic (exact) mass is 605 g/mol. The highest BCUT2D eigenvalue weighted by atomic mass is 32.2. The van der Waals surface area contributed by atoms with Gasteiger partial charge < -0.3 is 24.8 Å². The standard InChI is InChI=1S/C30H43N3O8S/c1-19(2)25(32-29(36)41-30(6,7)8)18-39-27(34)24(16-31-28(35)40-17-23-12-10-9-11-13-23)33-42(37,38)26-21(4)14-20(3)15-22(26)5/h9-15,19,24-25,33H,16-18H2,1-8H3,(H,31,35)(H,32,36). The van der Waals surface area contributed by atoms with Gasteiger partial charge in [-0.3, -0.25) is 4.79 Å². The van der Waals surface area contributed by atoms with Crippen LogP contribution in [0.2, 0.25) is 0 Å². The van der Waals surface area contributed by atoms with Crippen molar-refractivity contribution in [3.05, 3.63) is 64.7 Å². The normalized spacial score (nSPS) is 13.2. The second kappa shape index (κ2) is 15.0. The first-order valence-electron chi connectivity index (χ1n) is 13.7. The molecular weight excluding hydrogens is 562 g/mol. The zero-order valence-electron chi connectivity index (χ0n) is 25.6. The van der Waals surface area contributed by atoms with E-state index < -0.39 is 52.4 Å². The Morgan fingerprint density at radius 2 is 1.50 bits per heavy atom. The highest BCUT2D eigenvalue weighted by molar-refractivity contribution is 7.89. The molecule has 0 bridgehead atoms. The van der Waals surface area contributed by atoms with Crippen LogP contribution in [0.5, 0.6) is 0 Å². The maximum Gasteiger partial charge on any atom is 0.407 e. The molecule has 0 aliphatic heterocycles. The van der Waals surface area contributed by atoms with Crippen LogP contribution in [0.3, 0.4) is 0 Å². The molecule has 0 fully saturated rings. The largest absolute Gasteiger partial charge is 0.462 e.